The zero-order valence-electron chi connectivity index (χ0n) is 13.6. The number of piperazine rings is 1. The van der Waals surface area contributed by atoms with Crippen LogP contribution in [-0.2, 0) is 10.0 Å². The Balaban J connectivity index is 2.10. The van der Waals surface area contributed by atoms with Crippen molar-refractivity contribution < 1.29 is 13.2 Å². The summed E-state index contributed by atoms with van der Waals surface area (Å²) in [5, 5.41) is 5.29. The van der Waals surface area contributed by atoms with Crippen LogP contribution in [0.3, 0.4) is 0 Å². The molecule has 7 nitrogen and oxygen atoms in total. The Morgan fingerprint density at radius 1 is 1.13 bits per heavy atom. The molecule has 2 amide bonds. The Kier molecular flexibility index (Phi) is 5.48. The molecule has 0 bridgehead atoms. The number of nitrogens with zero attached hydrogens (tertiary/aromatic N) is 3. The number of para-hydroxylation sites is 1. The number of carbonyl (C=O) groups is 1. The molecule has 2 N–H and O–H groups in total. The molecule has 1 saturated heterocycles. The summed E-state index contributed by atoms with van der Waals surface area (Å²) >= 11 is 0. The monoisotopic (exact) mass is 340 g/mol. The summed E-state index contributed by atoms with van der Waals surface area (Å²) in [6.07, 6.45) is 0. The zero-order valence-corrected chi connectivity index (χ0v) is 14.4. The lowest BCUT2D eigenvalue weighted by Gasteiger charge is -2.38. The molecular formula is C15H24N4O3S. The van der Waals surface area contributed by atoms with Gasteiger partial charge in [0.05, 0.1) is 5.69 Å². The fourth-order valence-electron chi connectivity index (χ4n) is 2.79. The van der Waals surface area contributed by atoms with E-state index < -0.39 is 10.0 Å². The van der Waals surface area contributed by atoms with E-state index in [1.807, 2.05) is 23.6 Å². The number of amides is 2. The molecule has 8 heteroatoms. The van der Waals surface area contributed by atoms with E-state index in [-0.39, 0.29) is 10.9 Å². The van der Waals surface area contributed by atoms with Crippen molar-refractivity contribution in [2.75, 3.05) is 44.2 Å². The second-order valence-electron chi connectivity index (χ2n) is 5.44. The maximum absolute atomic E-state index is 12.3. The fraction of sp³-hybridized carbons (Fsp3) is 0.533. The molecule has 0 unspecified atom stereocenters. The maximum Gasteiger partial charge on any atom is 0.320 e. The van der Waals surface area contributed by atoms with Gasteiger partial charge in [-0.05, 0) is 26.0 Å². The van der Waals surface area contributed by atoms with Gasteiger partial charge in [0, 0.05) is 39.3 Å². The summed E-state index contributed by atoms with van der Waals surface area (Å²) in [5.41, 5.74) is 0.602. The van der Waals surface area contributed by atoms with Crippen LogP contribution in [0, 0.1) is 0 Å². The van der Waals surface area contributed by atoms with Crippen LogP contribution in [0.5, 0.6) is 0 Å². The third-order valence-electron chi connectivity index (χ3n) is 4.10. The first-order valence-corrected chi connectivity index (χ1v) is 9.33. The van der Waals surface area contributed by atoms with Crippen LogP contribution in [0.2, 0.25) is 0 Å². The van der Waals surface area contributed by atoms with Crippen LogP contribution in [0.4, 0.5) is 10.5 Å². The summed E-state index contributed by atoms with van der Waals surface area (Å²) in [5.74, 6) is 0. The molecule has 1 aliphatic heterocycles. The standard InChI is InChI=1S/C15H24N4O3S/c1-3-17(4-2)15(20)19-11-9-18(10-12-19)13-7-5-6-8-14(13)23(16,21)22/h5-8H,3-4,9-12H2,1-2H3,(H2,16,21,22). The number of primary sulfonamides is 1. The van der Waals surface area contributed by atoms with Crippen molar-refractivity contribution in [2.24, 2.45) is 5.14 Å². The lowest BCUT2D eigenvalue weighted by molar-refractivity contribution is 0.154. The molecule has 0 radical (unpaired) electrons. The molecule has 23 heavy (non-hydrogen) atoms. The minimum Gasteiger partial charge on any atom is -0.367 e. The molecule has 0 saturated carbocycles. The average molecular weight is 340 g/mol. The van der Waals surface area contributed by atoms with Gasteiger partial charge < -0.3 is 14.7 Å². The van der Waals surface area contributed by atoms with Crippen molar-refractivity contribution in [3.63, 3.8) is 0 Å². The molecule has 1 aromatic carbocycles. The first kappa shape index (κ1) is 17.6. The minimum absolute atomic E-state index is 0.0365. The zero-order chi connectivity index (χ0) is 17.0. The molecule has 0 spiro atoms. The number of sulfonamides is 1. The van der Waals surface area contributed by atoms with Crippen LogP contribution < -0.4 is 10.0 Å². The Bertz CT molecular complexity index is 650. The van der Waals surface area contributed by atoms with Gasteiger partial charge >= 0.3 is 6.03 Å². The van der Waals surface area contributed by atoms with Crippen molar-refractivity contribution in [1.29, 1.82) is 0 Å². The van der Waals surface area contributed by atoms with Crippen LogP contribution >= 0.6 is 0 Å². The molecule has 2 rings (SSSR count). The molecule has 0 atom stereocenters. The van der Waals surface area contributed by atoms with Gasteiger partial charge in [-0.1, -0.05) is 12.1 Å². The van der Waals surface area contributed by atoms with Crippen LogP contribution in [0.25, 0.3) is 0 Å². The minimum atomic E-state index is -3.76. The summed E-state index contributed by atoms with van der Waals surface area (Å²) in [7, 11) is -3.76. The van der Waals surface area contributed by atoms with Crippen LogP contribution in [0.1, 0.15) is 13.8 Å². The molecule has 0 aliphatic carbocycles. The quantitative estimate of drug-likeness (QED) is 0.883. The number of rotatable bonds is 4. The topological polar surface area (TPSA) is 86.9 Å². The molecule has 1 fully saturated rings. The second kappa shape index (κ2) is 7.18. The van der Waals surface area contributed by atoms with E-state index in [9.17, 15) is 13.2 Å². The second-order valence-corrected chi connectivity index (χ2v) is 6.97. The predicted molar refractivity (Wildman–Crippen MR) is 89.9 cm³/mol. The van der Waals surface area contributed by atoms with Gasteiger partial charge in [0.25, 0.3) is 0 Å². The largest absolute Gasteiger partial charge is 0.367 e. The van der Waals surface area contributed by atoms with Gasteiger partial charge in [-0.3, -0.25) is 0 Å². The van der Waals surface area contributed by atoms with E-state index in [2.05, 4.69) is 0 Å². The van der Waals surface area contributed by atoms with Gasteiger partial charge in [0.15, 0.2) is 0 Å². The Morgan fingerprint density at radius 2 is 1.70 bits per heavy atom. The molecule has 1 aromatic rings. The highest BCUT2D eigenvalue weighted by Gasteiger charge is 2.26. The van der Waals surface area contributed by atoms with E-state index in [1.54, 1.807) is 23.1 Å². The van der Waals surface area contributed by atoms with E-state index >= 15 is 0 Å². The van der Waals surface area contributed by atoms with E-state index in [0.29, 0.717) is 45.0 Å². The first-order chi connectivity index (χ1) is 10.9. The fourth-order valence-corrected chi connectivity index (χ4v) is 3.55. The predicted octanol–water partition coefficient (Wildman–Crippen LogP) is 0.918. The van der Waals surface area contributed by atoms with Gasteiger partial charge in [-0.25, -0.2) is 18.4 Å². The molecule has 1 heterocycles. The van der Waals surface area contributed by atoms with E-state index in [0.717, 1.165) is 0 Å². The highest BCUT2D eigenvalue weighted by molar-refractivity contribution is 7.89. The third kappa shape index (κ3) is 3.94. The number of carbonyl (C=O) groups excluding carboxylic acids is 1. The van der Waals surface area contributed by atoms with Crippen molar-refractivity contribution in [1.82, 2.24) is 9.80 Å². The lowest BCUT2D eigenvalue weighted by atomic mass is 10.2. The maximum atomic E-state index is 12.3. The SMILES string of the molecule is CCN(CC)C(=O)N1CCN(c2ccccc2S(N)(=O)=O)CC1. The van der Waals surface area contributed by atoms with Crippen molar-refractivity contribution >= 4 is 21.7 Å². The van der Waals surface area contributed by atoms with E-state index in [4.69, 9.17) is 5.14 Å². The van der Waals surface area contributed by atoms with E-state index in [1.165, 1.54) is 6.07 Å². The summed E-state index contributed by atoms with van der Waals surface area (Å²) in [6.45, 7) is 7.58. The molecule has 0 aromatic heterocycles. The number of nitrogens with two attached hydrogens (primary N) is 1. The number of hydrogen-bond acceptors (Lipinski definition) is 4. The van der Waals surface area contributed by atoms with Gasteiger partial charge in [-0.2, -0.15) is 0 Å². The average Bonchev–Trinajstić information content (AvgIpc) is 2.55. The molecule has 128 valence electrons. The Labute approximate surface area is 137 Å². The highest BCUT2D eigenvalue weighted by Crippen LogP contribution is 2.25. The highest BCUT2D eigenvalue weighted by atomic mass is 32.2. The van der Waals surface area contributed by atoms with Crippen LogP contribution in [0.15, 0.2) is 29.2 Å². The first-order valence-electron chi connectivity index (χ1n) is 7.79. The normalized spacial score (nSPS) is 15.6. The van der Waals surface area contributed by atoms with Crippen molar-refractivity contribution in [3.05, 3.63) is 24.3 Å². The molecule has 1 aliphatic rings. The number of anilines is 1. The number of benzene rings is 1. The number of urea groups is 1. The molecular weight excluding hydrogens is 316 g/mol. The van der Waals surface area contributed by atoms with Crippen molar-refractivity contribution in [2.45, 2.75) is 18.7 Å². The van der Waals surface area contributed by atoms with Crippen LogP contribution in [-0.4, -0.2) is 63.5 Å². The van der Waals surface area contributed by atoms with Gasteiger partial charge in [0.1, 0.15) is 4.90 Å². The Morgan fingerprint density at radius 3 is 2.22 bits per heavy atom. The summed E-state index contributed by atoms with van der Waals surface area (Å²) < 4.78 is 23.4. The summed E-state index contributed by atoms with van der Waals surface area (Å²) in [4.78, 5) is 18.0. The smallest absolute Gasteiger partial charge is 0.320 e. The Hall–Kier alpha value is -1.80. The third-order valence-corrected chi connectivity index (χ3v) is 5.05. The number of hydrogen-bond donors (Lipinski definition) is 1. The summed E-state index contributed by atoms with van der Waals surface area (Å²) in [6, 6.07) is 6.75. The van der Waals surface area contributed by atoms with Gasteiger partial charge in [0.2, 0.25) is 10.0 Å². The lowest BCUT2D eigenvalue weighted by Crippen LogP contribution is -2.53. The van der Waals surface area contributed by atoms with Gasteiger partial charge in [-0.15, -0.1) is 0 Å². The van der Waals surface area contributed by atoms with Crippen molar-refractivity contribution in [3.8, 4) is 0 Å².